The maximum absolute atomic E-state index is 13.9. The van der Waals surface area contributed by atoms with Crippen LogP contribution in [0, 0.1) is 0 Å². The highest BCUT2D eigenvalue weighted by atomic mass is 32.2. The molecule has 0 saturated carbocycles. The molecule has 1 aliphatic rings. The first-order valence-electron chi connectivity index (χ1n) is 7.97. The molecule has 0 aromatic carbocycles. The average Bonchev–Trinajstić information content (AvgIpc) is 2.58. The van der Waals surface area contributed by atoms with Crippen LogP contribution in [0.2, 0.25) is 0 Å². The zero-order valence-electron chi connectivity index (χ0n) is 14.8. The third kappa shape index (κ3) is 4.90. The first kappa shape index (κ1) is 26.2. The largest absolute Gasteiger partial charge is 0.427 e. The number of hydrogen-bond acceptors (Lipinski definition) is 4. The van der Waals surface area contributed by atoms with E-state index in [4.69, 9.17) is 4.74 Å². The summed E-state index contributed by atoms with van der Waals surface area (Å²) in [5.41, 5.74) is 0. The Bertz CT molecular complexity index is 653. The molecule has 1 aliphatic heterocycles. The van der Waals surface area contributed by atoms with E-state index in [-0.39, 0.29) is 37.2 Å². The van der Waals surface area contributed by atoms with Gasteiger partial charge in [0, 0.05) is 33.2 Å². The molecular formula is C13H18F10N2O3S. The Hall–Kier alpha value is -0.870. The molecule has 0 aliphatic carbocycles. The fourth-order valence-electron chi connectivity index (χ4n) is 2.32. The van der Waals surface area contributed by atoms with Gasteiger partial charge in [-0.3, -0.25) is 4.90 Å². The Morgan fingerprint density at radius 1 is 0.966 bits per heavy atom. The van der Waals surface area contributed by atoms with Crippen molar-refractivity contribution in [1.82, 2.24) is 9.21 Å². The second-order valence-electron chi connectivity index (χ2n) is 6.25. The van der Waals surface area contributed by atoms with Gasteiger partial charge in [0.05, 0.1) is 19.6 Å². The highest BCUT2D eigenvalue weighted by molar-refractivity contribution is 7.90. The number of hydrogen-bond donors (Lipinski definition) is 0. The second-order valence-corrected chi connectivity index (χ2v) is 8.33. The van der Waals surface area contributed by atoms with Crippen molar-refractivity contribution in [3.63, 3.8) is 0 Å². The van der Waals surface area contributed by atoms with Gasteiger partial charge in [-0.05, 0) is 0 Å². The molecule has 0 aromatic rings. The maximum atomic E-state index is 13.9. The Balaban J connectivity index is 3.10. The highest BCUT2D eigenvalue weighted by Crippen LogP contribution is 2.55. The standard InChI is InChI=1S/C13H18F10N2O3S/c1-24(2-3-25-4-6-28-7-5-25)29(26,27)13(22,23)12(20,21)11(18,19)10(16,17)8-9(14)15/h9H,2-8H2,1H3. The van der Waals surface area contributed by atoms with Crippen LogP contribution in [0.15, 0.2) is 0 Å². The molecular weight excluding hydrogens is 454 g/mol. The van der Waals surface area contributed by atoms with Crippen LogP contribution in [0.5, 0.6) is 0 Å². The lowest BCUT2D eigenvalue weighted by Crippen LogP contribution is -2.66. The molecule has 29 heavy (non-hydrogen) atoms. The molecule has 0 bridgehead atoms. The van der Waals surface area contributed by atoms with Gasteiger partial charge in [0.2, 0.25) is 6.43 Å². The minimum absolute atomic E-state index is 0.218. The van der Waals surface area contributed by atoms with Gasteiger partial charge >= 0.3 is 23.0 Å². The summed E-state index contributed by atoms with van der Waals surface area (Å²) in [7, 11) is -6.21. The van der Waals surface area contributed by atoms with Gasteiger partial charge in [-0.25, -0.2) is 17.2 Å². The average molecular weight is 472 g/mol. The molecule has 1 fully saturated rings. The summed E-state index contributed by atoms with van der Waals surface area (Å²) in [4.78, 5) is 1.50. The molecule has 0 radical (unpaired) electrons. The van der Waals surface area contributed by atoms with E-state index in [1.54, 1.807) is 0 Å². The predicted octanol–water partition coefficient (Wildman–Crippen LogP) is 2.73. The molecule has 0 amide bonds. The Labute approximate surface area is 159 Å². The fraction of sp³-hybridized carbons (Fsp3) is 1.00. The molecule has 0 N–H and O–H groups in total. The smallest absolute Gasteiger partial charge is 0.379 e. The number of morpholine rings is 1. The third-order valence-corrected chi connectivity index (χ3v) is 6.11. The van der Waals surface area contributed by atoms with Gasteiger partial charge in [0.1, 0.15) is 0 Å². The summed E-state index contributed by atoms with van der Waals surface area (Å²) in [5.74, 6) is -20.6. The van der Waals surface area contributed by atoms with E-state index in [1.165, 1.54) is 4.90 Å². The molecule has 0 spiro atoms. The van der Waals surface area contributed by atoms with Crippen LogP contribution in [0.4, 0.5) is 43.9 Å². The van der Waals surface area contributed by atoms with E-state index in [0.717, 1.165) is 0 Å². The molecule has 0 unspecified atom stereocenters. The molecule has 5 nitrogen and oxygen atoms in total. The van der Waals surface area contributed by atoms with Crippen molar-refractivity contribution in [3.05, 3.63) is 0 Å². The summed E-state index contributed by atoms with van der Waals surface area (Å²) < 4.78 is 161. The summed E-state index contributed by atoms with van der Waals surface area (Å²) in [5, 5.41) is -6.71. The zero-order chi connectivity index (χ0) is 22.9. The number of rotatable bonds is 10. The van der Waals surface area contributed by atoms with Crippen molar-refractivity contribution in [3.8, 4) is 0 Å². The molecule has 0 atom stereocenters. The normalized spacial score (nSPS) is 18.7. The molecule has 0 aromatic heterocycles. The van der Waals surface area contributed by atoms with Crippen LogP contribution in [-0.4, -0.2) is 93.5 Å². The fourth-order valence-corrected chi connectivity index (χ4v) is 3.48. The molecule has 174 valence electrons. The topological polar surface area (TPSA) is 49.9 Å². The first-order chi connectivity index (χ1) is 12.9. The van der Waals surface area contributed by atoms with Crippen molar-refractivity contribution < 1.29 is 57.1 Å². The van der Waals surface area contributed by atoms with Gasteiger partial charge in [0.15, 0.2) is 0 Å². The van der Waals surface area contributed by atoms with Gasteiger partial charge in [-0.1, -0.05) is 0 Å². The van der Waals surface area contributed by atoms with Gasteiger partial charge in [-0.15, -0.1) is 0 Å². The van der Waals surface area contributed by atoms with Crippen molar-refractivity contribution in [1.29, 1.82) is 0 Å². The monoisotopic (exact) mass is 472 g/mol. The number of likely N-dealkylation sites (N-methyl/N-ethyl adjacent to an activating group) is 1. The molecule has 1 rings (SSSR count). The zero-order valence-corrected chi connectivity index (χ0v) is 15.7. The number of sulfonamides is 1. The number of halogens is 10. The van der Waals surface area contributed by atoms with Crippen LogP contribution in [0.25, 0.3) is 0 Å². The molecule has 16 heteroatoms. The summed E-state index contributed by atoms with van der Waals surface area (Å²) >= 11 is 0. The van der Waals surface area contributed by atoms with Crippen LogP contribution >= 0.6 is 0 Å². The van der Waals surface area contributed by atoms with Crippen LogP contribution in [-0.2, 0) is 14.8 Å². The Morgan fingerprint density at radius 3 is 1.90 bits per heavy atom. The first-order valence-corrected chi connectivity index (χ1v) is 9.41. The van der Waals surface area contributed by atoms with Crippen LogP contribution < -0.4 is 0 Å². The predicted molar refractivity (Wildman–Crippen MR) is 79.2 cm³/mol. The minimum atomic E-state index is -7.19. The Morgan fingerprint density at radius 2 is 1.45 bits per heavy atom. The van der Waals surface area contributed by atoms with Crippen molar-refractivity contribution in [2.75, 3.05) is 46.4 Å². The van der Waals surface area contributed by atoms with E-state index in [9.17, 15) is 52.3 Å². The molecule has 1 heterocycles. The summed E-state index contributed by atoms with van der Waals surface area (Å²) in [6.45, 7) is -0.186. The second kappa shape index (κ2) is 8.70. The van der Waals surface area contributed by atoms with Gasteiger partial charge < -0.3 is 4.74 Å². The van der Waals surface area contributed by atoms with Crippen molar-refractivity contribution >= 4 is 10.0 Å². The van der Waals surface area contributed by atoms with Crippen LogP contribution in [0.1, 0.15) is 6.42 Å². The SMILES string of the molecule is CN(CCN1CCOCC1)S(=O)(=O)C(F)(F)C(F)(F)C(F)(F)C(F)(F)CC(F)F. The maximum Gasteiger partial charge on any atom is 0.427 e. The van der Waals surface area contributed by atoms with E-state index in [0.29, 0.717) is 7.05 Å². The summed E-state index contributed by atoms with van der Waals surface area (Å²) in [6, 6.07) is 0. The van der Waals surface area contributed by atoms with Gasteiger partial charge in [0.25, 0.3) is 10.0 Å². The Kier molecular flexibility index (Phi) is 7.85. The van der Waals surface area contributed by atoms with Crippen molar-refractivity contribution in [2.45, 2.75) is 35.9 Å². The third-order valence-electron chi connectivity index (χ3n) is 4.20. The number of nitrogens with zero attached hydrogens (tertiary/aromatic N) is 2. The lowest BCUT2D eigenvalue weighted by molar-refractivity contribution is -0.352. The number of alkyl halides is 10. The van der Waals surface area contributed by atoms with Crippen LogP contribution in [0.3, 0.4) is 0 Å². The quantitative estimate of drug-likeness (QED) is 0.459. The lowest BCUT2D eigenvalue weighted by Gasteiger charge is -2.37. The highest BCUT2D eigenvalue weighted by Gasteiger charge is 2.84. The van der Waals surface area contributed by atoms with E-state index in [1.807, 2.05) is 0 Å². The minimum Gasteiger partial charge on any atom is -0.379 e. The summed E-state index contributed by atoms with van der Waals surface area (Å²) in [6.07, 6.45) is -7.41. The van der Waals surface area contributed by atoms with E-state index >= 15 is 0 Å². The van der Waals surface area contributed by atoms with Gasteiger partial charge in [-0.2, -0.15) is 39.4 Å². The molecule has 1 saturated heterocycles. The number of ether oxygens (including phenoxy) is 1. The van der Waals surface area contributed by atoms with E-state index < -0.39 is 52.4 Å². The lowest BCUT2D eigenvalue weighted by atomic mass is 10.0. The van der Waals surface area contributed by atoms with Crippen molar-refractivity contribution in [2.24, 2.45) is 0 Å². The van der Waals surface area contributed by atoms with E-state index in [2.05, 4.69) is 0 Å².